The fraction of sp³-hybridized carbons (Fsp3) is 0.783. The van der Waals surface area contributed by atoms with Crippen LogP contribution in [0.2, 0.25) is 0 Å². The molecule has 4 saturated carbocycles. The van der Waals surface area contributed by atoms with E-state index in [1.54, 1.807) is 0 Å². The lowest BCUT2D eigenvalue weighted by Crippen LogP contribution is -2.56. The van der Waals surface area contributed by atoms with Gasteiger partial charge in [0.15, 0.2) is 5.76 Å². The van der Waals surface area contributed by atoms with Crippen LogP contribution in [0.3, 0.4) is 0 Å². The zero-order valence-corrected chi connectivity index (χ0v) is 16.7. The van der Waals surface area contributed by atoms with E-state index in [4.69, 9.17) is 4.42 Å². The predicted molar refractivity (Wildman–Crippen MR) is 105 cm³/mol. The first-order chi connectivity index (χ1) is 13.1. The molecule has 5 fully saturated rings. The van der Waals surface area contributed by atoms with Crippen LogP contribution in [0.15, 0.2) is 16.5 Å². The molecule has 4 aliphatic carbocycles. The Labute approximate surface area is 163 Å². The first kappa shape index (κ1) is 17.8. The highest BCUT2D eigenvalue weighted by molar-refractivity contribution is 5.91. The molecule has 0 aromatic carbocycles. The number of likely N-dealkylation sites (tertiary alicyclic amines) is 1. The van der Waals surface area contributed by atoms with Crippen molar-refractivity contribution in [2.24, 2.45) is 23.2 Å². The first-order valence-corrected chi connectivity index (χ1v) is 11.3. The number of carbonyl (C=O) groups is 1. The maximum atomic E-state index is 12.9. The maximum Gasteiger partial charge on any atom is 0.287 e. The van der Waals surface area contributed by atoms with E-state index in [1.165, 1.54) is 51.4 Å². The lowest BCUT2D eigenvalue weighted by Gasteiger charge is -2.59. The standard InChI is InChI=1S/C23H34N2O2/c1-2-21(23-12-16-9-17(13-23)11-18(10-16)14-23)24-22(26)20-6-5-19(27-20)15-25-7-3-4-8-25/h5-6,16-18,21H,2-4,7-15H2,1H3,(H,24,26). The van der Waals surface area contributed by atoms with Gasteiger partial charge in [-0.3, -0.25) is 9.69 Å². The molecule has 1 saturated heterocycles. The van der Waals surface area contributed by atoms with Gasteiger partial charge >= 0.3 is 0 Å². The van der Waals surface area contributed by atoms with E-state index in [0.717, 1.165) is 49.6 Å². The second-order valence-corrected chi connectivity index (χ2v) is 9.96. The molecular weight excluding hydrogens is 336 g/mol. The van der Waals surface area contributed by atoms with Gasteiger partial charge in [0.1, 0.15) is 5.76 Å². The molecule has 6 rings (SSSR count). The molecule has 1 aromatic rings. The van der Waals surface area contributed by atoms with E-state index in [1.807, 2.05) is 12.1 Å². The Morgan fingerprint density at radius 2 is 1.78 bits per heavy atom. The van der Waals surface area contributed by atoms with Crippen LogP contribution in [-0.4, -0.2) is 29.9 Å². The van der Waals surface area contributed by atoms with Gasteiger partial charge in [-0.25, -0.2) is 0 Å². The van der Waals surface area contributed by atoms with Gasteiger partial charge in [0.05, 0.1) is 6.54 Å². The smallest absolute Gasteiger partial charge is 0.287 e. The third kappa shape index (κ3) is 3.35. The normalized spacial score (nSPS) is 36.3. The van der Waals surface area contributed by atoms with E-state index in [9.17, 15) is 4.79 Å². The van der Waals surface area contributed by atoms with Crippen LogP contribution in [0.4, 0.5) is 0 Å². The van der Waals surface area contributed by atoms with Crippen LogP contribution in [0.25, 0.3) is 0 Å². The van der Waals surface area contributed by atoms with Crippen molar-refractivity contribution in [3.8, 4) is 0 Å². The first-order valence-electron chi connectivity index (χ1n) is 11.3. The Balaban J connectivity index is 1.26. The summed E-state index contributed by atoms with van der Waals surface area (Å²) in [6.45, 7) is 5.36. The highest BCUT2D eigenvalue weighted by Crippen LogP contribution is 2.61. The summed E-state index contributed by atoms with van der Waals surface area (Å²) >= 11 is 0. The van der Waals surface area contributed by atoms with Gasteiger partial charge in [0.25, 0.3) is 5.91 Å². The van der Waals surface area contributed by atoms with Gasteiger partial charge in [-0.15, -0.1) is 0 Å². The molecule has 1 N–H and O–H groups in total. The van der Waals surface area contributed by atoms with Crippen LogP contribution in [0.5, 0.6) is 0 Å². The zero-order chi connectivity index (χ0) is 18.4. The SMILES string of the molecule is CCC(NC(=O)c1ccc(CN2CCCC2)o1)C12CC3CC(CC(C3)C1)C2. The molecule has 2 heterocycles. The molecule has 4 heteroatoms. The van der Waals surface area contributed by atoms with Crippen molar-refractivity contribution in [1.29, 1.82) is 0 Å². The topological polar surface area (TPSA) is 45.5 Å². The number of rotatable bonds is 6. The summed E-state index contributed by atoms with van der Waals surface area (Å²) in [5.74, 6) is 4.15. The summed E-state index contributed by atoms with van der Waals surface area (Å²) in [5, 5.41) is 3.40. The minimum absolute atomic E-state index is 0.00901. The third-order valence-electron chi connectivity index (χ3n) is 8.00. The van der Waals surface area contributed by atoms with Crippen LogP contribution in [0, 0.1) is 23.2 Å². The lowest BCUT2D eigenvalue weighted by molar-refractivity contribution is -0.0728. The molecule has 0 spiro atoms. The van der Waals surface area contributed by atoms with E-state index in [0.29, 0.717) is 17.2 Å². The van der Waals surface area contributed by atoms with Crippen LogP contribution in [-0.2, 0) is 6.54 Å². The van der Waals surface area contributed by atoms with Crippen molar-refractivity contribution in [2.45, 2.75) is 77.3 Å². The molecule has 1 aliphatic heterocycles. The predicted octanol–water partition coefficient (Wildman–Crippen LogP) is 4.60. The van der Waals surface area contributed by atoms with Gasteiger partial charge < -0.3 is 9.73 Å². The highest BCUT2D eigenvalue weighted by atomic mass is 16.4. The minimum atomic E-state index is -0.00901. The molecule has 1 amide bonds. The Morgan fingerprint density at radius 3 is 2.37 bits per heavy atom. The molecule has 148 valence electrons. The number of nitrogens with one attached hydrogen (secondary N) is 1. The molecular formula is C23H34N2O2. The average Bonchev–Trinajstić information content (AvgIpc) is 3.30. The Morgan fingerprint density at radius 1 is 1.15 bits per heavy atom. The van der Waals surface area contributed by atoms with Crippen LogP contribution in [0.1, 0.15) is 81.0 Å². The number of carbonyl (C=O) groups excluding carboxylic acids is 1. The Kier molecular flexibility index (Phi) is 4.58. The largest absolute Gasteiger partial charge is 0.455 e. The van der Waals surface area contributed by atoms with Gasteiger partial charge in [0, 0.05) is 6.04 Å². The molecule has 1 aromatic heterocycles. The summed E-state index contributed by atoms with van der Waals surface area (Å²) in [5.41, 5.74) is 0.351. The number of hydrogen-bond acceptors (Lipinski definition) is 3. The summed E-state index contributed by atoms with van der Waals surface area (Å²) in [6, 6.07) is 4.15. The van der Waals surface area contributed by atoms with Crippen LogP contribution >= 0.6 is 0 Å². The summed E-state index contributed by atoms with van der Waals surface area (Å²) in [4.78, 5) is 15.3. The van der Waals surface area contributed by atoms with Crippen molar-refractivity contribution in [3.05, 3.63) is 23.7 Å². The van der Waals surface area contributed by atoms with Gasteiger partial charge in [-0.1, -0.05) is 6.92 Å². The molecule has 5 aliphatic rings. The van der Waals surface area contributed by atoms with E-state index < -0.39 is 0 Å². The van der Waals surface area contributed by atoms with E-state index >= 15 is 0 Å². The highest BCUT2D eigenvalue weighted by Gasteiger charge is 2.54. The minimum Gasteiger partial charge on any atom is -0.455 e. The summed E-state index contributed by atoms with van der Waals surface area (Å²) in [6.07, 6.45) is 11.9. The number of amides is 1. The van der Waals surface area contributed by atoms with Gasteiger partial charge in [-0.05, 0) is 106 Å². The number of nitrogens with zero attached hydrogens (tertiary/aromatic N) is 1. The molecule has 4 bridgehead atoms. The van der Waals surface area contributed by atoms with Crippen LogP contribution < -0.4 is 5.32 Å². The Hall–Kier alpha value is -1.29. The lowest BCUT2D eigenvalue weighted by atomic mass is 9.47. The van der Waals surface area contributed by atoms with E-state index in [-0.39, 0.29) is 5.91 Å². The molecule has 1 atom stereocenters. The zero-order valence-electron chi connectivity index (χ0n) is 16.7. The number of hydrogen-bond donors (Lipinski definition) is 1. The monoisotopic (exact) mass is 370 g/mol. The van der Waals surface area contributed by atoms with Crippen molar-refractivity contribution in [2.75, 3.05) is 13.1 Å². The Bertz CT molecular complexity index is 653. The van der Waals surface area contributed by atoms with Gasteiger partial charge in [-0.2, -0.15) is 0 Å². The quantitative estimate of drug-likeness (QED) is 0.796. The van der Waals surface area contributed by atoms with Crippen molar-refractivity contribution in [1.82, 2.24) is 10.2 Å². The molecule has 4 nitrogen and oxygen atoms in total. The number of furan rings is 1. The summed E-state index contributed by atoms with van der Waals surface area (Å²) < 4.78 is 5.92. The second-order valence-electron chi connectivity index (χ2n) is 9.96. The molecule has 1 unspecified atom stereocenters. The molecule has 0 radical (unpaired) electrons. The summed E-state index contributed by atoms with van der Waals surface area (Å²) in [7, 11) is 0. The third-order valence-corrected chi connectivity index (χ3v) is 8.00. The maximum absolute atomic E-state index is 12.9. The van der Waals surface area contributed by atoms with Crippen molar-refractivity contribution >= 4 is 5.91 Å². The molecule has 27 heavy (non-hydrogen) atoms. The fourth-order valence-corrected chi connectivity index (χ4v) is 7.27. The van der Waals surface area contributed by atoms with Crippen molar-refractivity contribution in [3.63, 3.8) is 0 Å². The fourth-order valence-electron chi connectivity index (χ4n) is 7.27. The van der Waals surface area contributed by atoms with E-state index in [2.05, 4.69) is 17.1 Å². The average molecular weight is 371 g/mol. The van der Waals surface area contributed by atoms with Crippen molar-refractivity contribution < 1.29 is 9.21 Å². The second kappa shape index (κ2) is 6.95. The van der Waals surface area contributed by atoms with Gasteiger partial charge in [0.2, 0.25) is 0 Å².